The molecule has 0 aliphatic carbocycles. The highest BCUT2D eigenvalue weighted by atomic mass is 32.1. The van der Waals surface area contributed by atoms with E-state index in [4.69, 9.17) is 22.7 Å². The molecule has 110 valence electrons. The van der Waals surface area contributed by atoms with E-state index in [2.05, 4.69) is 18.7 Å². The second kappa shape index (κ2) is 7.04. The van der Waals surface area contributed by atoms with E-state index in [1.807, 2.05) is 24.3 Å². The van der Waals surface area contributed by atoms with Crippen LogP contribution < -0.4 is 10.5 Å². The lowest BCUT2D eigenvalue weighted by Crippen LogP contribution is -2.40. The lowest BCUT2D eigenvalue weighted by molar-refractivity contribution is 0.119. The van der Waals surface area contributed by atoms with Crippen molar-refractivity contribution < 1.29 is 4.74 Å². The Morgan fingerprint density at radius 2 is 2.20 bits per heavy atom. The number of hydrogen-bond donors (Lipinski definition) is 1. The SMILES string of the molecule is CC1CCN(CCOc2cccc(C(N)=S)c2)CC1C. The normalized spacial score (nSPS) is 23.5. The number of benzene rings is 1. The van der Waals surface area contributed by atoms with E-state index in [1.54, 1.807) is 0 Å². The molecule has 0 bridgehead atoms. The second-order valence-electron chi connectivity index (χ2n) is 5.78. The summed E-state index contributed by atoms with van der Waals surface area (Å²) in [6.45, 7) is 8.73. The van der Waals surface area contributed by atoms with Crippen molar-refractivity contribution >= 4 is 17.2 Å². The zero-order valence-corrected chi connectivity index (χ0v) is 13.2. The van der Waals surface area contributed by atoms with Gasteiger partial charge in [-0.25, -0.2) is 0 Å². The number of ether oxygens (including phenoxy) is 1. The molecule has 2 N–H and O–H groups in total. The Labute approximate surface area is 127 Å². The van der Waals surface area contributed by atoms with Gasteiger partial charge in [0.15, 0.2) is 0 Å². The largest absolute Gasteiger partial charge is 0.492 e. The molecule has 1 heterocycles. The highest BCUT2D eigenvalue weighted by molar-refractivity contribution is 7.80. The van der Waals surface area contributed by atoms with Crippen LogP contribution >= 0.6 is 12.2 Å². The van der Waals surface area contributed by atoms with Crippen LogP contribution in [0.1, 0.15) is 25.8 Å². The fraction of sp³-hybridized carbons (Fsp3) is 0.562. The van der Waals surface area contributed by atoms with Crippen molar-refractivity contribution in [2.24, 2.45) is 17.6 Å². The first-order valence-electron chi connectivity index (χ1n) is 7.31. The Bertz CT molecular complexity index is 464. The Balaban J connectivity index is 1.78. The molecular weight excluding hydrogens is 268 g/mol. The summed E-state index contributed by atoms with van der Waals surface area (Å²) < 4.78 is 5.80. The van der Waals surface area contributed by atoms with Crippen LogP contribution in [-0.4, -0.2) is 36.1 Å². The van der Waals surface area contributed by atoms with E-state index in [-0.39, 0.29) is 0 Å². The van der Waals surface area contributed by atoms with Crippen molar-refractivity contribution in [2.75, 3.05) is 26.2 Å². The first-order valence-corrected chi connectivity index (χ1v) is 7.72. The molecule has 2 atom stereocenters. The number of rotatable bonds is 5. The molecule has 2 rings (SSSR count). The summed E-state index contributed by atoms with van der Waals surface area (Å²) >= 11 is 4.97. The minimum atomic E-state index is 0.411. The summed E-state index contributed by atoms with van der Waals surface area (Å²) in [6.07, 6.45) is 1.29. The number of nitrogens with two attached hydrogens (primary N) is 1. The van der Waals surface area contributed by atoms with Gasteiger partial charge in [-0.15, -0.1) is 0 Å². The molecule has 1 aliphatic rings. The van der Waals surface area contributed by atoms with E-state index in [0.29, 0.717) is 11.6 Å². The van der Waals surface area contributed by atoms with Crippen molar-refractivity contribution in [3.8, 4) is 5.75 Å². The molecule has 1 fully saturated rings. The van der Waals surface area contributed by atoms with Crippen molar-refractivity contribution in [2.45, 2.75) is 20.3 Å². The van der Waals surface area contributed by atoms with Crippen molar-refractivity contribution in [1.29, 1.82) is 0 Å². The molecule has 3 nitrogen and oxygen atoms in total. The summed E-state index contributed by atoms with van der Waals surface area (Å²) in [5.74, 6) is 2.46. The molecule has 1 aliphatic heterocycles. The van der Waals surface area contributed by atoms with Crippen LogP contribution in [0.15, 0.2) is 24.3 Å². The smallest absolute Gasteiger partial charge is 0.120 e. The van der Waals surface area contributed by atoms with Gasteiger partial charge in [0.2, 0.25) is 0 Å². The Hall–Kier alpha value is -1.13. The van der Waals surface area contributed by atoms with Gasteiger partial charge < -0.3 is 10.5 Å². The Morgan fingerprint density at radius 3 is 2.90 bits per heavy atom. The van der Waals surface area contributed by atoms with Crippen LogP contribution in [0.3, 0.4) is 0 Å². The number of thiocarbonyl (C=S) groups is 1. The summed E-state index contributed by atoms with van der Waals surface area (Å²) in [5.41, 5.74) is 6.48. The third-order valence-electron chi connectivity index (χ3n) is 4.21. The minimum Gasteiger partial charge on any atom is -0.492 e. The molecule has 0 aromatic heterocycles. The van der Waals surface area contributed by atoms with E-state index in [1.165, 1.54) is 19.5 Å². The average molecular weight is 292 g/mol. The fourth-order valence-electron chi connectivity index (χ4n) is 2.58. The molecule has 0 amide bonds. The highest BCUT2D eigenvalue weighted by Crippen LogP contribution is 2.22. The molecule has 1 saturated heterocycles. The van der Waals surface area contributed by atoms with Gasteiger partial charge in [-0.3, -0.25) is 4.90 Å². The van der Waals surface area contributed by atoms with E-state index < -0.39 is 0 Å². The maximum absolute atomic E-state index is 5.80. The summed E-state index contributed by atoms with van der Waals surface area (Å²) in [5, 5.41) is 0. The zero-order chi connectivity index (χ0) is 14.5. The van der Waals surface area contributed by atoms with Gasteiger partial charge in [-0.05, 0) is 36.9 Å². The van der Waals surface area contributed by atoms with Crippen LogP contribution in [0.5, 0.6) is 5.75 Å². The van der Waals surface area contributed by atoms with E-state index in [9.17, 15) is 0 Å². The Morgan fingerprint density at radius 1 is 1.40 bits per heavy atom. The van der Waals surface area contributed by atoms with Gasteiger partial charge >= 0.3 is 0 Å². The highest BCUT2D eigenvalue weighted by Gasteiger charge is 2.22. The molecule has 1 aromatic rings. The third kappa shape index (κ3) is 4.18. The number of likely N-dealkylation sites (tertiary alicyclic amines) is 1. The predicted molar refractivity (Wildman–Crippen MR) is 87.2 cm³/mol. The topological polar surface area (TPSA) is 38.5 Å². The van der Waals surface area contributed by atoms with Crippen molar-refractivity contribution in [3.63, 3.8) is 0 Å². The molecule has 1 aromatic carbocycles. The van der Waals surface area contributed by atoms with Crippen LogP contribution in [0.2, 0.25) is 0 Å². The standard InChI is InChI=1S/C16H24N2OS/c1-12-6-7-18(11-13(12)2)8-9-19-15-5-3-4-14(10-15)16(17)20/h3-5,10,12-13H,6-9,11H2,1-2H3,(H2,17,20). The third-order valence-corrected chi connectivity index (χ3v) is 4.45. The van der Waals surface area contributed by atoms with Gasteiger partial charge in [-0.1, -0.05) is 38.2 Å². The molecule has 0 radical (unpaired) electrons. The van der Waals surface area contributed by atoms with Gasteiger partial charge in [-0.2, -0.15) is 0 Å². The Kier molecular flexibility index (Phi) is 5.38. The van der Waals surface area contributed by atoms with Crippen LogP contribution in [0, 0.1) is 11.8 Å². The summed E-state index contributed by atoms with van der Waals surface area (Å²) in [6, 6.07) is 7.68. The summed E-state index contributed by atoms with van der Waals surface area (Å²) in [7, 11) is 0. The van der Waals surface area contributed by atoms with Crippen LogP contribution in [0.4, 0.5) is 0 Å². The first-order chi connectivity index (χ1) is 9.56. The monoisotopic (exact) mass is 292 g/mol. The molecule has 2 unspecified atom stereocenters. The van der Waals surface area contributed by atoms with Crippen molar-refractivity contribution in [1.82, 2.24) is 4.90 Å². The number of piperidine rings is 1. The maximum atomic E-state index is 5.80. The number of nitrogens with zero attached hydrogens (tertiary/aromatic N) is 1. The molecule has 0 saturated carbocycles. The molecule has 20 heavy (non-hydrogen) atoms. The zero-order valence-electron chi connectivity index (χ0n) is 12.3. The molecular formula is C16H24N2OS. The van der Waals surface area contributed by atoms with Gasteiger partial charge in [0, 0.05) is 18.7 Å². The summed E-state index contributed by atoms with van der Waals surface area (Å²) in [4.78, 5) is 2.90. The van der Waals surface area contributed by atoms with Gasteiger partial charge in [0.25, 0.3) is 0 Å². The quantitative estimate of drug-likeness (QED) is 0.847. The minimum absolute atomic E-state index is 0.411. The average Bonchev–Trinajstić information content (AvgIpc) is 2.43. The molecule has 4 heteroatoms. The predicted octanol–water partition coefficient (Wildman–Crippen LogP) is 2.68. The molecule has 0 spiro atoms. The maximum Gasteiger partial charge on any atom is 0.120 e. The van der Waals surface area contributed by atoms with Gasteiger partial charge in [0.1, 0.15) is 17.3 Å². The lowest BCUT2D eigenvalue weighted by Gasteiger charge is -2.35. The second-order valence-corrected chi connectivity index (χ2v) is 6.22. The van der Waals surface area contributed by atoms with E-state index >= 15 is 0 Å². The first kappa shape index (κ1) is 15.3. The van der Waals surface area contributed by atoms with Crippen molar-refractivity contribution in [3.05, 3.63) is 29.8 Å². The lowest BCUT2D eigenvalue weighted by atomic mass is 9.89. The fourth-order valence-corrected chi connectivity index (χ4v) is 2.71. The van der Waals surface area contributed by atoms with E-state index in [0.717, 1.165) is 29.7 Å². The number of hydrogen-bond acceptors (Lipinski definition) is 3. The van der Waals surface area contributed by atoms with Crippen LogP contribution in [-0.2, 0) is 0 Å². The van der Waals surface area contributed by atoms with Gasteiger partial charge in [0.05, 0.1) is 0 Å². The van der Waals surface area contributed by atoms with Crippen LogP contribution in [0.25, 0.3) is 0 Å².